The zero-order valence-corrected chi connectivity index (χ0v) is 20.2. The molecule has 0 radical (unpaired) electrons. The van der Waals surface area contributed by atoms with Gasteiger partial charge in [0, 0.05) is 36.4 Å². The number of methoxy groups -OCH3 is 1. The van der Waals surface area contributed by atoms with E-state index in [-0.39, 0.29) is 47.4 Å². The molecule has 9 heteroatoms. The Morgan fingerprint density at radius 3 is 2.69 bits per heavy atom. The number of benzene rings is 2. The lowest BCUT2D eigenvalue weighted by atomic mass is 9.60. The van der Waals surface area contributed by atoms with Gasteiger partial charge >= 0.3 is 5.97 Å². The standard InChI is InChI=1S/C26H29ClFN3O4/c1-34-26(33)14-2-5-21-18(10-14)22(6-7-29-21)30-23-12-24(16-8-15(23)9-16)31-25(32)13-35-17-3-4-19(27)20(28)11-17/h2-5,10-11,15-16,22-24,29-30H,6-9,12-13H2,1H3,(H,31,32). The average molecular weight is 502 g/mol. The molecule has 1 aliphatic heterocycles. The number of hydrogen-bond donors (Lipinski definition) is 3. The van der Waals surface area contributed by atoms with Gasteiger partial charge in [0.2, 0.25) is 0 Å². The lowest BCUT2D eigenvalue weighted by Crippen LogP contribution is -2.59. The summed E-state index contributed by atoms with van der Waals surface area (Å²) < 4.78 is 23.9. The average Bonchev–Trinajstić information content (AvgIpc) is 2.83. The number of carbonyl (C=O) groups is 2. The summed E-state index contributed by atoms with van der Waals surface area (Å²) in [5.41, 5.74) is 2.65. The van der Waals surface area contributed by atoms with Crippen molar-refractivity contribution in [1.29, 1.82) is 0 Å². The number of amides is 1. The van der Waals surface area contributed by atoms with E-state index < -0.39 is 5.82 Å². The molecule has 3 N–H and O–H groups in total. The lowest BCUT2D eigenvalue weighted by molar-refractivity contribution is -0.125. The van der Waals surface area contributed by atoms with Crippen LogP contribution < -0.4 is 20.7 Å². The third-order valence-corrected chi connectivity index (χ3v) is 7.78. The Hall–Kier alpha value is -2.84. The molecule has 2 bridgehead atoms. The number of fused-ring (bicyclic) bond motifs is 3. The summed E-state index contributed by atoms with van der Waals surface area (Å²) in [6.07, 6.45) is 3.90. The fourth-order valence-corrected chi connectivity index (χ4v) is 5.68. The van der Waals surface area contributed by atoms with Gasteiger partial charge in [-0.1, -0.05) is 11.6 Å². The van der Waals surface area contributed by atoms with Crippen LogP contribution in [-0.4, -0.2) is 44.2 Å². The molecule has 0 spiro atoms. The molecule has 186 valence electrons. The molecule has 3 aliphatic carbocycles. The van der Waals surface area contributed by atoms with Crippen LogP contribution in [0.2, 0.25) is 5.02 Å². The van der Waals surface area contributed by atoms with Crippen LogP contribution in [-0.2, 0) is 9.53 Å². The molecule has 3 fully saturated rings. The first-order valence-corrected chi connectivity index (χ1v) is 12.4. The Morgan fingerprint density at radius 1 is 1.11 bits per heavy atom. The van der Waals surface area contributed by atoms with Crippen molar-refractivity contribution in [3.05, 3.63) is 58.4 Å². The zero-order chi connectivity index (χ0) is 24.5. The molecule has 3 unspecified atom stereocenters. The molecule has 3 atom stereocenters. The largest absolute Gasteiger partial charge is 0.484 e. The van der Waals surface area contributed by atoms with E-state index in [1.165, 1.54) is 25.3 Å². The van der Waals surface area contributed by atoms with Crippen molar-refractivity contribution in [2.24, 2.45) is 11.8 Å². The maximum absolute atomic E-state index is 13.6. The van der Waals surface area contributed by atoms with Crippen molar-refractivity contribution >= 4 is 29.2 Å². The van der Waals surface area contributed by atoms with E-state index in [0.717, 1.165) is 43.5 Å². The Balaban J connectivity index is 1.19. The first-order chi connectivity index (χ1) is 16.9. The zero-order valence-electron chi connectivity index (χ0n) is 19.5. The van der Waals surface area contributed by atoms with Crippen LogP contribution in [0, 0.1) is 17.7 Å². The fourth-order valence-electron chi connectivity index (χ4n) is 5.56. The van der Waals surface area contributed by atoms with E-state index in [9.17, 15) is 14.0 Å². The predicted octanol–water partition coefficient (Wildman–Crippen LogP) is 4.07. The van der Waals surface area contributed by atoms with Crippen LogP contribution in [0.4, 0.5) is 10.1 Å². The van der Waals surface area contributed by atoms with E-state index >= 15 is 0 Å². The summed E-state index contributed by atoms with van der Waals surface area (Å²) in [7, 11) is 1.39. The first kappa shape index (κ1) is 23.9. The van der Waals surface area contributed by atoms with E-state index in [2.05, 4.69) is 16.0 Å². The number of hydrogen-bond acceptors (Lipinski definition) is 6. The Labute approximate surface area is 208 Å². The molecule has 1 amide bonds. The van der Waals surface area contributed by atoms with E-state index in [0.29, 0.717) is 17.4 Å². The SMILES string of the molecule is COC(=O)c1ccc2c(c1)C(NC1CC(NC(=O)COc3ccc(Cl)c(F)c3)C3CC1C3)CCN2. The summed E-state index contributed by atoms with van der Waals surface area (Å²) in [4.78, 5) is 24.6. The minimum atomic E-state index is -0.579. The molecular weight excluding hydrogens is 473 g/mol. The van der Waals surface area contributed by atoms with Gasteiger partial charge in [0.1, 0.15) is 11.6 Å². The van der Waals surface area contributed by atoms with Crippen LogP contribution in [0.25, 0.3) is 0 Å². The maximum Gasteiger partial charge on any atom is 0.337 e. The van der Waals surface area contributed by atoms with Gasteiger partial charge in [0.05, 0.1) is 17.7 Å². The second-order valence-electron chi connectivity index (χ2n) is 9.60. The smallest absolute Gasteiger partial charge is 0.337 e. The van der Waals surface area contributed by atoms with Crippen LogP contribution in [0.5, 0.6) is 5.75 Å². The lowest BCUT2D eigenvalue weighted by Gasteiger charge is -2.52. The summed E-state index contributed by atoms with van der Waals surface area (Å²) in [6.45, 7) is 0.675. The molecule has 4 aliphatic rings. The highest BCUT2D eigenvalue weighted by atomic mass is 35.5. The third-order valence-electron chi connectivity index (χ3n) is 7.48. The van der Waals surface area contributed by atoms with Gasteiger partial charge in [-0.2, -0.15) is 0 Å². The van der Waals surface area contributed by atoms with E-state index in [1.807, 2.05) is 12.1 Å². The number of anilines is 1. The molecular formula is C26H29ClFN3O4. The normalized spacial score (nSPS) is 26.5. The van der Waals surface area contributed by atoms with Crippen LogP contribution >= 0.6 is 11.6 Å². The van der Waals surface area contributed by atoms with Gasteiger partial charge in [0.25, 0.3) is 5.91 Å². The molecule has 6 rings (SSSR count). The second kappa shape index (κ2) is 10.0. The number of esters is 1. The van der Waals surface area contributed by atoms with Crippen molar-refractivity contribution in [2.75, 3.05) is 25.6 Å². The number of rotatable bonds is 7. The van der Waals surface area contributed by atoms with Crippen molar-refractivity contribution < 1.29 is 23.5 Å². The monoisotopic (exact) mass is 501 g/mol. The van der Waals surface area contributed by atoms with Gasteiger partial charge in [-0.05, 0) is 73.4 Å². The van der Waals surface area contributed by atoms with Crippen LogP contribution in [0.15, 0.2) is 36.4 Å². The van der Waals surface area contributed by atoms with Crippen LogP contribution in [0.3, 0.4) is 0 Å². The van der Waals surface area contributed by atoms with E-state index in [4.69, 9.17) is 21.1 Å². The molecule has 7 nitrogen and oxygen atoms in total. The van der Waals surface area contributed by atoms with Gasteiger partial charge in [0.15, 0.2) is 6.61 Å². The molecule has 35 heavy (non-hydrogen) atoms. The fraction of sp³-hybridized carbons (Fsp3) is 0.462. The molecule has 0 aromatic heterocycles. The highest BCUT2D eigenvalue weighted by molar-refractivity contribution is 6.30. The van der Waals surface area contributed by atoms with Gasteiger partial charge in [-0.15, -0.1) is 0 Å². The highest BCUT2D eigenvalue weighted by Gasteiger charge is 2.47. The quantitative estimate of drug-likeness (QED) is 0.496. The second-order valence-corrected chi connectivity index (χ2v) is 10.0. The Bertz CT molecular complexity index is 1120. The summed E-state index contributed by atoms with van der Waals surface area (Å²) in [6, 6.07) is 10.2. The summed E-state index contributed by atoms with van der Waals surface area (Å²) in [5, 5.41) is 10.4. The number of halogens is 2. The number of nitrogens with one attached hydrogen (secondary N) is 3. The third kappa shape index (κ3) is 5.09. The number of carbonyl (C=O) groups excluding carboxylic acids is 2. The Kier molecular flexibility index (Phi) is 6.84. The first-order valence-electron chi connectivity index (χ1n) is 12.0. The van der Waals surface area contributed by atoms with Gasteiger partial charge in [-0.25, -0.2) is 9.18 Å². The molecule has 1 heterocycles. The van der Waals surface area contributed by atoms with Gasteiger partial charge in [-0.3, -0.25) is 4.79 Å². The van der Waals surface area contributed by atoms with Crippen molar-refractivity contribution in [1.82, 2.24) is 10.6 Å². The number of ether oxygens (including phenoxy) is 2. The Morgan fingerprint density at radius 2 is 1.91 bits per heavy atom. The molecule has 3 saturated carbocycles. The minimum Gasteiger partial charge on any atom is -0.484 e. The minimum absolute atomic E-state index is 0.0139. The van der Waals surface area contributed by atoms with Crippen molar-refractivity contribution in [3.63, 3.8) is 0 Å². The van der Waals surface area contributed by atoms with Crippen molar-refractivity contribution in [2.45, 2.75) is 43.8 Å². The van der Waals surface area contributed by atoms with Crippen LogP contribution in [0.1, 0.15) is 47.6 Å². The maximum atomic E-state index is 13.6. The molecule has 2 aromatic rings. The molecule has 2 aromatic carbocycles. The van der Waals surface area contributed by atoms with Crippen molar-refractivity contribution in [3.8, 4) is 5.75 Å². The highest BCUT2D eigenvalue weighted by Crippen LogP contribution is 2.47. The topological polar surface area (TPSA) is 88.7 Å². The summed E-state index contributed by atoms with van der Waals surface area (Å²) in [5.74, 6) is 0.187. The summed E-state index contributed by atoms with van der Waals surface area (Å²) >= 11 is 5.69. The van der Waals surface area contributed by atoms with E-state index in [1.54, 1.807) is 6.07 Å². The predicted molar refractivity (Wildman–Crippen MR) is 130 cm³/mol. The van der Waals surface area contributed by atoms with Gasteiger partial charge < -0.3 is 25.4 Å². The molecule has 0 saturated heterocycles.